The van der Waals surface area contributed by atoms with Gasteiger partial charge in [-0.15, -0.1) is 0 Å². The lowest BCUT2D eigenvalue weighted by molar-refractivity contribution is -0.137. The van der Waals surface area contributed by atoms with Crippen LogP contribution in [0.5, 0.6) is 0 Å². The monoisotopic (exact) mass is 497 g/mol. The topological polar surface area (TPSA) is 99.6 Å². The van der Waals surface area contributed by atoms with E-state index >= 15 is 0 Å². The quantitative estimate of drug-likeness (QED) is 0.668. The van der Waals surface area contributed by atoms with Crippen LogP contribution in [0.3, 0.4) is 0 Å². The number of sulfonamides is 1. The number of pyridine rings is 1. The predicted octanol–water partition coefficient (Wildman–Crippen LogP) is 3.80. The van der Waals surface area contributed by atoms with E-state index in [2.05, 4.69) is 9.71 Å². The maximum Gasteiger partial charge on any atom is 0.417 e. The number of piperidine rings is 1. The van der Waals surface area contributed by atoms with Gasteiger partial charge in [-0.2, -0.15) is 13.2 Å². The number of likely N-dealkylation sites (tertiary alicyclic amines) is 1. The average molecular weight is 498 g/mol. The van der Waals surface area contributed by atoms with Gasteiger partial charge in [0.25, 0.3) is 15.9 Å². The van der Waals surface area contributed by atoms with Gasteiger partial charge >= 0.3 is 6.18 Å². The predicted molar refractivity (Wildman–Crippen MR) is 108 cm³/mol. The minimum absolute atomic E-state index is 0.00963. The van der Waals surface area contributed by atoms with Crippen LogP contribution in [-0.2, 0) is 16.2 Å². The number of nitrogens with zero attached hydrogens (tertiary/aromatic N) is 2. The molecular weight excluding hydrogens is 482 g/mol. The number of nitrogens with one attached hydrogen (secondary N) is 1. The molecule has 1 aliphatic heterocycles. The Morgan fingerprint density at radius 3 is 2.45 bits per heavy atom. The maximum absolute atomic E-state index is 13.1. The Bertz CT molecular complexity index is 1100. The fourth-order valence-corrected chi connectivity index (χ4v) is 4.46. The number of hydrogen-bond donors (Lipinski definition) is 2. The van der Waals surface area contributed by atoms with Crippen LogP contribution in [0.2, 0.25) is 10.0 Å². The number of halogens is 5. The molecule has 31 heavy (non-hydrogen) atoms. The molecule has 3 rings (SSSR count). The fraction of sp³-hybridized carbons (Fsp3) is 0.333. The molecule has 1 saturated heterocycles. The number of alkyl halides is 3. The Hall–Kier alpha value is -2.08. The number of amides is 1. The van der Waals surface area contributed by atoms with Crippen molar-refractivity contribution in [1.29, 1.82) is 0 Å². The molecule has 2 aromatic rings. The van der Waals surface area contributed by atoms with Gasteiger partial charge in [-0.25, -0.2) is 13.4 Å². The van der Waals surface area contributed by atoms with E-state index in [4.69, 9.17) is 23.2 Å². The number of aliphatic hydroxyl groups is 1. The van der Waals surface area contributed by atoms with Gasteiger partial charge in [-0.3, -0.25) is 9.52 Å². The van der Waals surface area contributed by atoms with E-state index in [1.54, 1.807) is 0 Å². The molecule has 1 amide bonds. The molecular formula is C18H16Cl2F3N3O4S. The van der Waals surface area contributed by atoms with E-state index < -0.39 is 43.7 Å². The minimum Gasteiger partial charge on any atom is -0.393 e. The number of rotatable bonds is 4. The van der Waals surface area contributed by atoms with E-state index in [9.17, 15) is 31.5 Å². The van der Waals surface area contributed by atoms with Crippen LogP contribution < -0.4 is 4.72 Å². The lowest BCUT2D eigenvalue weighted by atomic mass is 10.1. The van der Waals surface area contributed by atoms with E-state index in [1.807, 2.05) is 0 Å². The van der Waals surface area contributed by atoms with Crippen LogP contribution in [0.1, 0.15) is 28.9 Å². The van der Waals surface area contributed by atoms with Gasteiger partial charge < -0.3 is 10.0 Å². The Morgan fingerprint density at radius 2 is 1.84 bits per heavy atom. The zero-order chi connectivity index (χ0) is 23.0. The summed E-state index contributed by atoms with van der Waals surface area (Å²) in [5, 5.41) is 8.95. The third-order valence-corrected chi connectivity index (χ3v) is 6.51. The van der Waals surface area contributed by atoms with Crippen molar-refractivity contribution >= 4 is 44.8 Å². The molecule has 0 radical (unpaired) electrons. The number of carbonyl (C=O) groups is 1. The summed E-state index contributed by atoms with van der Waals surface area (Å²) in [5.74, 6) is -0.603. The van der Waals surface area contributed by atoms with Gasteiger partial charge in [0.05, 0.1) is 32.3 Å². The van der Waals surface area contributed by atoms with Gasteiger partial charge in [0, 0.05) is 19.3 Å². The molecule has 1 fully saturated rings. The summed E-state index contributed by atoms with van der Waals surface area (Å²) in [7, 11) is -4.54. The smallest absolute Gasteiger partial charge is 0.393 e. The molecule has 1 aromatic heterocycles. The van der Waals surface area contributed by atoms with Gasteiger partial charge in [0.15, 0.2) is 5.69 Å². The van der Waals surface area contributed by atoms with Crippen molar-refractivity contribution in [3.05, 3.63) is 51.8 Å². The van der Waals surface area contributed by atoms with E-state index in [0.29, 0.717) is 18.9 Å². The van der Waals surface area contributed by atoms with Crippen molar-refractivity contribution in [2.75, 3.05) is 17.8 Å². The number of anilines is 1. The number of aliphatic hydroxyl groups excluding tert-OH is 1. The van der Waals surface area contributed by atoms with Gasteiger partial charge in [0.1, 0.15) is 0 Å². The van der Waals surface area contributed by atoms with Gasteiger partial charge in [0.2, 0.25) is 0 Å². The number of hydrogen-bond acceptors (Lipinski definition) is 5. The number of aromatic nitrogens is 1. The third kappa shape index (κ3) is 5.40. The van der Waals surface area contributed by atoms with Crippen molar-refractivity contribution in [3.8, 4) is 0 Å². The highest BCUT2D eigenvalue weighted by Crippen LogP contribution is 2.36. The number of benzene rings is 1. The summed E-state index contributed by atoms with van der Waals surface area (Å²) in [6.07, 6.45) is -3.54. The molecule has 0 aliphatic carbocycles. The first-order valence-corrected chi connectivity index (χ1v) is 11.1. The summed E-state index contributed by atoms with van der Waals surface area (Å²) in [4.78, 5) is 17.4. The SMILES string of the molecule is O=C(c1ncc(Cl)cc1NS(=O)(=O)c1ccc(Cl)c(C(F)(F)F)c1)N1CCC(O)CC1. The van der Waals surface area contributed by atoms with Crippen LogP contribution in [0.4, 0.5) is 18.9 Å². The Balaban J connectivity index is 1.95. The van der Waals surface area contributed by atoms with Crippen LogP contribution in [0, 0.1) is 0 Å². The molecule has 0 bridgehead atoms. The maximum atomic E-state index is 13.1. The van der Waals surface area contributed by atoms with Gasteiger partial charge in [-0.05, 0) is 37.1 Å². The summed E-state index contributed by atoms with van der Waals surface area (Å²) < 4.78 is 66.9. The summed E-state index contributed by atoms with van der Waals surface area (Å²) >= 11 is 11.4. The molecule has 0 unspecified atom stereocenters. The Morgan fingerprint density at radius 1 is 1.19 bits per heavy atom. The third-order valence-electron chi connectivity index (χ3n) is 4.61. The normalized spacial score (nSPS) is 15.7. The molecule has 0 saturated carbocycles. The average Bonchev–Trinajstić information content (AvgIpc) is 2.67. The van der Waals surface area contributed by atoms with Crippen LogP contribution in [0.15, 0.2) is 35.4 Å². The lowest BCUT2D eigenvalue weighted by Crippen LogP contribution is -2.40. The molecule has 0 spiro atoms. The standard InChI is InChI=1S/C18H16Cl2F3N3O4S/c19-10-7-15(16(24-9-10)17(28)26-5-3-11(27)4-6-26)25-31(29,30)12-1-2-14(20)13(8-12)18(21,22)23/h1-2,7-9,11,25,27H,3-6H2. The first-order valence-electron chi connectivity index (χ1n) is 8.91. The van der Waals surface area contributed by atoms with E-state index in [-0.39, 0.29) is 29.5 Å². The van der Waals surface area contributed by atoms with Crippen LogP contribution in [-0.4, -0.2) is 48.5 Å². The molecule has 2 N–H and O–H groups in total. The molecule has 168 valence electrons. The Labute approximate surface area is 185 Å². The second kappa shape index (κ2) is 8.81. The molecule has 7 nitrogen and oxygen atoms in total. The van der Waals surface area contributed by atoms with E-state index in [0.717, 1.165) is 24.4 Å². The number of carbonyl (C=O) groups excluding carboxylic acids is 1. The van der Waals surface area contributed by atoms with Crippen molar-refractivity contribution in [2.24, 2.45) is 0 Å². The second-order valence-electron chi connectivity index (χ2n) is 6.82. The van der Waals surface area contributed by atoms with Gasteiger partial charge in [-0.1, -0.05) is 23.2 Å². The molecule has 1 aromatic carbocycles. The highest BCUT2D eigenvalue weighted by molar-refractivity contribution is 7.92. The molecule has 0 atom stereocenters. The molecule has 2 heterocycles. The largest absolute Gasteiger partial charge is 0.417 e. The van der Waals surface area contributed by atoms with Crippen molar-refractivity contribution < 1.29 is 31.5 Å². The highest BCUT2D eigenvalue weighted by Gasteiger charge is 2.35. The Kier molecular flexibility index (Phi) is 6.70. The molecule has 1 aliphatic rings. The van der Waals surface area contributed by atoms with Crippen molar-refractivity contribution in [2.45, 2.75) is 30.0 Å². The lowest BCUT2D eigenvalue weighted by Gasteiger charge is -2.29. The minimum atomic E-state index is -4.86. The van der Waals surface area contributed by atoms with Crippen LogP contribution in [0.25, 0.3) is 0 Å². The highest BCUT2D eigenvalue weighted by atomic mass is 35.5. The zero-order valence-corrected chi connectivity index (χ0v) is 18.0. The second-order valence-corrected chi connectivity index (χ2v) is 9.34. The first-order chi connectivity index (χ1) is 14.4. The van der Waals surface area contributed by atoms with Crippen LogP contribution >= 0.6 is 23.2 Å². The summed E-state index contributed by atoms with van der Waals surface area (Å²) in [6.45, 7) is 0.477. The van der Waals surface area contributed by atoms with Crippen molar-refractivity contribution in [1.82, 2.24) is 9.88 Å². The molecule has 13 heteroatoms. The van der Waals surface area contributed by atoms with Crippen molar-refractivity contribution in [3.63, 3.8) is 0 Å². The zero-order valence-electron chi connectivity index (χ0n) is 15.7. The van der Waals surface area contributed by atoms with E-state index in [1.165, 1.54) is 4.90 Å². The fourth-order valence-electron chi connectivity index (χ4n) is 3.00. The first kappa shape index (κ1) is 23.6. The summed E-state index contributed by atoms with van der Waals surface area (Å²) in [6, 6.07) is 3.26. The summed E-state index contributed by atoms with van der Waals surface area (Å²) in [5.41, 5.74) is -1.87.